The Hall–Kier alpha value is -2.73. The van der Waals surface area contributed by atoms with Gasteiger partial charge in [0.1, 0.15) is 0 Å². The van der Waals surface area contributed by atoms with Crippen LogP contribution in [0.2, 0.25) is 0 Å². The monoisotopic (exact) mass is 367 g/mol. The molecule has 0 aliphatic rings. The van der Waals surface area contributed by atoms with Crippen molar-refractivity contribution in [2.24, 2.45) is 13.0 Å². The Labute approximate surface area is 156 Å². The standard InChI is InChI=1S/C20H21N3O2S/c1-12(2)17(13-7-5-4-6-8-13)22-18(24)14-9-10-15-16(11-14)21-20(26)23(3)19(15)25/h4-12,17H,1-3H3,(H,21,26)(H,22,24)/t17-/m1/s1. The van der Waals surface area contributed by atoms with Crippen LogP contribution in [0.15, 0.2) is 53.3 Å². The second kappa shape index (κ2) is 7.25. The van der Waals surface area contributed by atoms with Gasteiger partial charge in [0.15, 0.2) is 4.77 Å². The molecule has 1 heterocycles. The van der Waals surface area contributed by atoms with Crippen LogP contribution in [0, 0.1) is 10.7 Å². The van der Waals surface area contributed by atoms with Gasteiger partial charge in [0.05, 0.1) is 16.9 Å². The van der Waals surface area contributed by atoms with Gasteiger partial charge in [-0.1, -0.05) is 44.2 Å². The topological polar surface area (TPSA) is 66.9 Å². The number of hydrogen-bond acceptors (Lipinski definition) is 3. The van der Waals surface area contributed by atoms with Crippen molar-refractivity contribution in [2.75, 3.05) is 0 Å². The SMILES string of the molecule is CC(C)[C@@H](NC(=O)c1ccc2c(=O)n(C)c(=S)[nH]c2c1)c1ccccc1. The van der Waals surface area contributed by atoms with Crippen LogP contribution in [0.3, 0.4) is 0 Å². The molecule has 3 aromatic rings. The summed E-state index contributed by atoms with van der Waals surface area (Å²) in [6.45, 7) is 4.14. The van der Waals surface area contributed by atoms with Crippen molar-refractivity contribution in [3.05, 3.63) is 74.8 Å². The molecule has 2 aromatic carbocycles. The van der Waals surface area contributed by atoms with Crippen molar-refractivity contribution in [1.29, 1.82) is 0 Å². The molecule has 0 unspecified atom stereocenters. The first-order valence-corrected chi connectivity index (χ1v) is 8.88. The number of carbonyl (C=O) groups excluding carboxylic acids is 1. The Balaban J connectivity index is 1.95. The van der Waals surface area contributed by atoms with Gasteiger partial charge in [0.25, 0.3) is 11.5 Å². The lowest BCUT2D eigenvalue weighted by atomic mass is 9.95. The van der Waals surface area contributed by atoms with Crippen LogP contribution < -0.4 is 10.9 Å². The molecule has 1 amide bonds. The van der Waals surface area contributed by atoms with Crippen molar-refractivity contribution in [3.8, 4) is 0 Å². The summed E-state index contributed by atoms with van der Waals surface area (Å²) in [7, 11) is 1.62. The molecule has 0 fully saturated rings. The second-order valence-corrected chi connectivity index (χ2v) is 7.05. The van der Waals surface area contributed by atoms with Gasteiger partial charge in [-0.3, -0.25) is 14.2 Å². The number of benzene rings is 2. The van der Waals surface area contributed by atoms with Crippen molar-refractivity contribution in [1.82, 2.24) is 14.9 Å². The molecule has 1 aromatic heterocycles. The third-order valence-corrected chi connectivity index (χ3v) is 4.85. The van der Waals surface area contributed by atoms with Gasteiger partial charge in [-0.15, -0.1) is 0 Å². The maximum absolute atomic E-state index is 12.8. The van der Waals surface area contributed by atoms with Crippen LogP contribution in [0.1, 0.15) is 35.8 Å². The number of hydrogen-bond donors (Lipinski definition) is 2. The first kappa shape index (κ1) is 18.1. The number of carbonyl (C=O) groups is 1. The third kappa shape index (κ3) is 3.46. The molecule has 2 N–H and O–H groups in total. The molecule has 0 spiro atoms. The number of nitrogens with one attached hydrogen (secondary N) is 2. The molecule has 26 heavy (non-hydrogen) atoms. The van der Waals surface area contributed by atoms with E-state index in [2.05, 4.69) is 24.1 Å². The molecule has 5 nitrogen and oxygen atoms in total. The van der Waals surface area contributed by atoms with Gasteiger partial charge in [-0.05, 0) is 41.9 Å². The number of aromatic amines is 1. The van der Waals surface area contributed by atoms with Gasteiger partial charge in [0, 0.05) is 12.6 Å². The summed E-state index contributed by atoms with van der Waals surface area (Å²) < 4.78 is 1.70. The van der Waals surface area contributed by atoms with Gasteiger partial charge in [0.2, 0.25) is 0 Å². The molecule has 0 saturated heterocycles. The smallest absolute Gasteiger partial charge is 0.261 e. The normalized spacial score (nSPS) is 12.3. The Morgan fingerprint density at radius 3 is 2.50 bits per heavy atom. The minimum absolute atomic E-state index is 0.0958. The first-order valence-electron chi connectivity index (χ1n) is 8.47. The summed E-state index contributed by atoms with van der Waals surface area (Å²) in [6, 6.07) is 14.8. The average molecular weight is 367 g/mol. The molecule has 134 valence electrons. The highest BCUT2D eigenvalue weighted by molar-refractivity contribution is 7.71. The number of rotatable bonds is 4. The van der Waals surface area contributed by atoms with E-state index in [1.807, 2.05) is 30.3 Å². The molecule has 0 aliphatic heterocycles. The van der Waals surface area contributed by atoms with Crippen LogP contribution in [-0.4, -0.2) is 15.5 Å². The molecule has 3 rings (SSSR count). The molecule has 0 aliphatic carbocycles. The van der Waals surface area contributed by atoms with E-state index in [0.717, 1.165) is 5.56 Å². The summed E-state index contributed by atoms with van der Waals surface area (Å²) >= 11 is 5.15. The summed E-state index contributed by atoms with van der Waals surface area (Å²) in [4.78, 5) is 28.0. The first-order chi connectivity index (χ1) is 12.4. The summed E-state index contributed by atoms with van der Waals surface area (Å²) in [5.41, 5.74) is 1.93. The maximum Gasteiger partial charge on any atom is 0.261 e. The Morgan fingerprint density at radius 1 is 1.15 bits per heavy atom. The van der Waals surface area contributed by atoms with Crippen LogP contribution in [-0.2, 0) is 7.05 Å². The number of fused-ring (bicyclic) bond motifs is 1. The zero-order valence-electron chi connectivity index (χ0n) is 14.9. The summed E-state index contributed by atoms with van der Waals surface area (Å²) in [5, 5.41) is 3.59. The predicted molar refractivity (Wildman–Crippen MR) is 106 cm³/mol. The van der Waals surface area contributed by atoms with Gasteiger partial charge >= 0.3 is 0 Å². The van der Waals surface area contributed by atoms with Crippen LogP contribution in [0.4, 0.5) is 0 Å². The van der Waals surface area contributed by atoms with Crippen molar-refractivity contribution < 1.29 is 4.79 Å². The zero-order valence-corrected chi connectivity index (χ0v) is 15.8. The highest BCUT2D eigenvalue weighted by atomic mass is 32.1. The third-order valence-electron chi connectivity index (χ3n) is 4.47. The molecule has 0 radical (unpaired) electrons. The van der Waals surface area contributed by atoms with Gasteiger partial charge < -0.3 is 10.3 Å². The number of amides is 1. The van der Waals surface area contributed by atoms with Crippen LogP contribution >= 0.6 is 12.2 Å². The zero-order chi connectivity index (χ0) is 18.8. The van der Waals surface area contributed by atoms with Crippen molar-refractivity contribution in [2.45, 2.75) is 19.9 Å². The van der Waals surface area contributed by atoms with Gasteiger partial charge in [-0.2, -0.15) is 0 Å². The fourth-order valence-electron chi connectivity index (χ4n) is 2.97. The molecule has 0 saturated carbocycles. The molecule has 6 heteroatoms. The average Bonchev–Trinajstić information content (AvgIpc) is 2.64. The van der Waals surface area contributed by atoms with Crippen molar-refractivity contribution >= 4 is 29.0 Å². The Kier molecular flexibility index (Phi) is 5.04. The molecular formula is C20H21N3O2S. The summed E-state index contributed by atoms with van der Waals surface area (Å²) in [5.74, 6) is 0.0503. The van der Waals surface area contributed by atoms with E-state index in [1.165, 1.54) is 4.57 Å². The minimum atomic E-state index is -0.186. The highest BCUT2D eigenvalue weighted by Gasteiger charge is 2.19. The lowest BCUT2D eigenvalue weighted by Crippen LogP contribution is -2.31. The lowest BCUT2D eigenvalue weighted by Gasteiger charge is -2.23. The van der Waals surface area contributed by atoms with E-state index in [9.17, 15) is 9.59 Å². The van der Waals surface area contributed by atoms with Gasteiger partial charge in [-0.25, -0.2) is 0 Å². The number of nitrogens with zero attached hydrogens (tertiary/aromatic N) is 1. The van der Waals surface area contributed by atoms with E-state index in [0.29, 0.717) is 21.2 Å². The minimum Gasteiger partial charge on any atom is -0.345 e. The van der Waals surface area contributed by atoms with E-state index in [1.54, 1.807) is 25.2 Å². The molecule has 1 atom stereocenters. The summed E-state index contributed by atoms with van der Waals surface area (Å²) in [6.07, 6.45) is 0. The molecule has 0 bridgehead atoms. The fourth-order valence-corrected chi connectivity index (χ4v) is 3.16. The van der Waals surface area contributed by atoms with E-state index in [4.69, 9.17) is 12.2 Å². The van der Waals surface area contributed by atoms with Crippen molar-refractivity contribution in [3.63, 3.8) is 0 Å². The largest absolute Gasteiger partial charge is 0.345 e. The lowest BCUT2D eigenvalue weighted by molar-refractivity contribution is 0.0925. The van der Waals surface area contributed by atoms with Crippen LogP contribution in [0.5, 0.6) is 0 Å². The van der Waals surface area contributed by atoms with E-state index < -0.39 is 0 Å². The number of H-pyrrole nitrogens is 1. The Morgan fingerprint density at radius 2 is 1.85 bits per heavy atom. The fraction of sp³-hybridized carbons (Fsp3) is 0.250. The predicted octanol–water partition coefficient (Wildman–Crippen LogP) is 3.72. The number of aromatic nitrogens is 2. The Bertz CT molecular complexity index is 1070. The highest BCUT2D eigenvalue weighted by Crippen LogP contribution is 2.22. The van der Waals surface area contributed by atoms with Crippen LogP contribution in [0.25, 0.3) is 10.9 Å². The quantitative estimate of drug-likeness (QED) is 0.691. The molecular weight excluding hydrogens is 346 g/mol. The second-order valence-electron chi connectivity index (χ2n) is 6.66. The van der Waals surface area contributed by atoms with E-state index >= 15 is 0 Å². The maximum atomic E-state index is 12.8. The van der Waals surface area contributed by atoms with E-state index in [-0.39, 0.29) is 23.4 Å².